The van der Waals surface area contributed by atoms with Gasteiger partial charge in [-0.05, 0) is 30.1 Å². The van der Waals surface area contributed by atoms with Gasteiger partial charge in [0.2, 0.25) is 0 Å². The maximum Gasteiger partial charge on any atom is 0.0701 e. The quantitative estimate of drug-likeness (QED) is 0.726. The van der Waals surface area contributed by atoms with E-state index in [2.05, 4.69) is 18.7 Å². The smallest absolute Gasteiger partial charge is 0.0701 e. The van der Waals surface area contributed by atoms with Crippen LogP contribution in [0, 0.1) is 17.3 Å². The first-order chi connectivity index (χ1) is 7.60. The summed E-state index contributed by atoms with van der Waals surface area (Å²) in [5.41, 5.74) is 0.447. The Labute approximate surface area is 97.8 Å². The van der Waals surface area contributed by atoms with Gasteiger partial charge >= 0.3 is 0 Å². The van der Waals surface area contributed by atoms with Crippen LogP contribution in [0.5, 0.6) is 0 Å². The van der Waals surface area contributed by atoms with Gasteiger partial charge in [0.1, 0.15) is 0 Å². The highest BCUT2D eigenvalue weighted by atomic mass is 16.5. The van der Waals surface area contributed by atoms with Gasteiger partial charge in [-0.1, -0.05) is 13.8 Å². The third-order valence-electron chi connectivity index (χ3n) is 5.35. The molecule has 4 fully saturated rings. The summed E-state index contributed by atoms with van der Waals surface area (Å²) in [6.07, 6.45) is 2.23. The lowest BCUT2D eigenvalue weighted by Crippen LogP contribution is -2.66. The number of fused-ring (bicyclic) bond motifs is 2. The molecule has 3 saturated carbocycles. The summed E-state index contributed by atoms with van der Waals surface area (Å²) in [6, 6.07) is 0.392. The Morgan fingerprint density at radius 3 is 2.50 bits per heavy atom. The van der Waals surface area contributed by atoms with Crippen LogP contribution in [-0.4, -0.2) is 48.5 Å². The van der Waals surface area contributed by atoms with Crippen LogP contribution in [0.3, 0.4) is 0 Å². The Kier molecular flexibility index (Phi) is 2.54. The van der Waals surface area contributed by atoms with Crippen LogP contribution in [0.4, 0.5) is 0 Å². The number of hydrogen-bond donors (Lipinski definition) is 1. The summed E-state index contributed by atoms with van der Waals surface area (Å²) in [6.45, 7) is 8.42. The second kappa shape index (κ2) is 3.69. The monoisotopic (exact) mass is 225 g/mol. The van der Waals surface area contributed by atoms with Gasteiger partial charge in [-0.3, -0.25) is 4.90 Å². The average molecular weight is 225 g/mol. The van der Waals surface area contributed by atoms with Crippen LogP contribution in [0.15, 0.2) is 0 Å². The second-order valence-corrected chi connectivity index (χ2v) is 6.30. The molecular weight excluding hydrogens is 202 g/mol. The van der Waals surface area contributed by atoms with E-state index >= 15 is 0 Å². The molecule has 4 aliphatic rings. The number of hydrogen-bond acceptors (Lipinski definition) is 3. The van der Waals surface area contributed by atoms with Crippen LogP contribution in [0.25, 0.3) is 0 Å². The van der Waals surface area contributed by atoms with Crippen LogP contribution in [0.1, 0.15) is 26.7 Å². The number of aliphatic hydroxyl groups excluding tert-OH is 1. The molecule has 1 heterocycles. The standard InChI is InChI=1S/C13H23NO2/c1-13(2)9-7-10(13)12(11(15)8-9)14-3-5-16-6-4-14/h9-12,15H,3-8H2,1-2H3/t9-,10-,11-,12-/m0/s1. The zero-order valence-electron chi connectivity index (χ0n) is 10.4. The van der Waals surface area contributed by atoms with Crippen molar-refractivity contribution in [2.75, 3.05) is 26.3 Å². The average Bonchev–Trinajstić information content (AvgIpc) is 2.29. The van der Waals surface area contributed by atoms with E-state index in [0.717, 1.165) is 38.6 Å². The molecule has 4 atom stereocenters. The first kappa shape index (κ1) is 11.0. The lowest BCUT2D eigenvalue weighted by Gasteiger charge is -2.63. The molecule has 0 aromatic heterocycles. The van der Waals surface area contributed by atoms with Gasteiger partial charge in [0, 0.05) is 19.1 Å². The fourth-order valence-corrected chi connectivity index (χ4v) is 4.11. The first-order valence-electron chi connectivity index (χ1n) is 6.60. The molecule has 1 saturated heterocycles. The summed E-state index contributed by atoms with van der Waals surface area (Å²) in [7, 11) is 0. The van der Waals surface area contributed by atoms with Crippen LogP contribution in [0.2, 0.25) is 0 Å². The van der Waals surface area contributed by atoms with Gasteiger partial charge in [0.15, 0.2) is 0 Å². The predicted molar refractivity (Wildman–Crippen MR) is 62.2 cm³/mol. The molecule has 4 rings (SSSR count). The van der Waals surface area contributed by atoms with Crippen LogP contribution in [-0.2, 0) is 4.74 Å². The summed E-state index contributed by atoms with van der Waals surface area (Å²) in [4.78, 5) is 2.47. The van der Waals surface area contributed by atoms with Crippen molar-refractivity contribution in [1.82, 2.24) is 4.90 Å². The van der Waals surface area contributed by atoms with Gasteiger partial charge in [0.05, 0.1) is 19.3 Å². The van der Waals surface area contributed by atoms with E-state index in [0.29, 0.717) is 17.4 Å². The molecule has 16 heavy (non-hydrogen) atoms. The third kappa shape index (κ3) is 1.45. The molecule has 3 nitrogen and oxygen atoms in total. The number of nitrogens with zero attached hydrogens (tertiary/aromatic N) is 1. The normalized spacial score (nSPS) is 47.4. The highest BCUT2D eigenvalue weighted by Crippen LogP contribution is 2.60. The Morgan fingerprint density at radius 2 is 1.88 bits per heavy atom. The predicted octanol–water partition coefficient (Wildman–Crippen LogP) is 1.11. The molecule has 0 amide bonds. The summed E-state index contributed by atoms with van der Waals surface area (Å²) < 4.78 is 5.40. The van der Waals surface area contributed by atoms with Crippen molar-refractivity contribution in [3.05, 3.63) is 0 Å². The fraction of sp³-hybridized carbons (Fsp3) is 1.00. The lowest BCUT2D eigenvalue weighted by atomic mass is 9.46. The molecule has 3 aliphatic carbocycles. The third-order valence-corrected chi connectivity index (χ3v) is 5.35. The van der Waals surface area contributed by atoms with Crippen LogP contribution < -0.4 is 0 Å². The lowest BCUT2D eigenvalue weighted by molar-refractivity contribution is -0.180. The van der Waals surface area contributed by atoms with Gasteiger partial charge < -0.3 is 9.84 Å². The zero-order valence-corrected chi connectivity index (χ0v) is 10.4. The molecule has 2 bridgehead atoms. The number of aliphatic hydroxyl groups is 1. The van der Waals surface area contributed by atoms with Crippen LogP contribution >= 0.6 is 0 Å². The molecule has 0 radical (unpaired) electrons. The maximum atomic E-state index is 10.3. The van der Waals surface area contributed by atoms with E-state index in [9.17, 15) is 5.11 Å². The maximum absolute atomic E-state index is 10.3. The molecule has 0 spiro atoms. The second-order valence-electron chi connectivity index (χ2n) is 6.30. The van der Waals surface area contributed by atoms with Crippen molar-refractivity contribution in [1.29, 1.82) is 0 Å². The molecule has 0 unspecified atom stereocenters. The summed E-state index contributed by atoms with van der Waals surface area (Å²) in [5.74, 6) is 1.45. The van der Waals surface area contributed by atoms with Gasteiger partial charge in [0.25, 0.3) is 0 Å². The minimum absolute atomic E-state index is 0.102. The molecule has 3 heteroatoms. The van der Waals surface area contributed by atoms with Gasteiger partial charge in [-0.25, -0.2) is 0 Å². The molecule has 0 aromatic carbocycles. The highest BCUT2D eigenvalue weighted by molar-refractivity contribution is 5.09. The summed E-state index contributed by atoms with van der Waals surface area (Å²) >= 11 is 0. The van der Waals surface area contributed by atoms with E-state index in [1.54, 1.807) is 0 Å². The van der Waals surface area contributed by atoms with Crippen molar-refractivity contribution < 1.29 is 9.84 Å². The van der Waals surface area contributed by atoms with E-state index in [1.807, 2.05) is 0 Å². The molecule has 0 aromatic rings. The zero-order chi connectivity index (χ0) is 11.3. The van der Waals surface area contributed by atoms with E-state index in [-0.39, 0.29) is 6.10 Å². The number of ether oxygens (including phenoxy) is 1. The Hall–Kier alpha value is -0.120. The fourth-order valence-electron chi connectivity index (χ4n) is 4.11. The number of rotatable bonds is 1. The molecule has 92 valence electrons. The topological polar surface area (TPSA) is 32.7 Å². The van der Waals surface area contributed by atoms with E-state index < -0.39 is 0 Å². The van der Waals surface area contributed by atoms with Crippen molar-refractivity contribution >= 4 is 0 Å². The molecule has 1 aliphatic heterocycles. The molecular formula is C13H23NO2. The first-order valence-corrected chi connectivity index (χ1v) is 6.60. The van der Waals surface area contributed by atoms with Crippen molar-refractivity contribution in [3.63, 3.8) is 0 Å². The Morgan fingerprint density at radius 1 is 1.19 bits per heavy atom. The van der Waals surface area contributed by atoms with E-state index in [4.69, 9.17) is 4.74 Å². The minimum atomic E-state index is -0.102. The van der Waals surface area contributed by atoms with Crippen molar-refractivity contribution in [2.24, 2.45) is 17.3 Å². The Balaban J connectivity index is 1.76. The summed E-state index contributed by atoms with van der Waals surface area (Å²) in [5, 5.41) is 10.3. The van der Waals surface area contributed by atoms with Crippen molar-refractivity contribution in [3.8, 4) is 0 Å². The Bertz CT molecular complexity index is 273. The minimum Gasteiger partial charge on any atom is -0.391 e. The number of morpholine rings is 1. The molecule has 1 N–H and O–H groups in total. The van der Waals surface area contributed by atoms with Gasteiger partial charge in [-0.2, -0.15) is 0 Å². The highest BCUT2D eigenvalue weighted by Gasteiger charge is 2.58. The van der Waals surface area contributed by atoms with Crippen molar-refractivity contribution in [2.45, 2.75) is 38.8 Å². The largest absolute Gasteiger partial charge is 0.391 e. The SMILES string of the molecule is CC1(C)[C@@H]2C[C@H](O)[C@@H](N3CCOCC3)[C@@H]1C2. The van der Waals surface area contributed by atoms with E-state index in [1.165, 1.54) is 6.42 Å². The van der Waals surface area contributed by atoms with Gasteiger partial charge in [-0.15, -0.1) is 0 Å².